The van der Waals surface area contributed by atoms with E-state index < -0.39 is 11.9 Å². The molecule has 0 saturated heterocycles. The normalized spacial score (nSPS) is 12.0. The number of fused-ring (bicyclic) bond motifs is 1. The van der Waals surface area contributed by atoms with Crippen LogP contribution in [0.1, 0.15) is 12.5 Å². The smallest absolute Gasteiger partial charge is 0.306 e. The number of ether oxygens (including phenoxy) is 1. The van der Waals surface area contributed by atoms with E-state index in [0.717, 1.165) is 39.1 Å². The highest BCUT2D eigenvalue weighted by Crippen LogP contribution is 2.34. The number of aromatic nitrogens is 1. The van der Waals surface area contributed by atoms with Gasteiger partial charge in [-0.2, -0.15) is 0 Å². The topological polar surface area (TPSA) is 62.3 Å². The van der Waals surface area contributed by atoms with Crippen molar-refractivity contribution in [3.8, 4) is 16.9 Å². The SMILES string of the molecule is CC(Cc1ccc(OCCSc2ccccc2)c(-c2ccc3[nH]ccc3c2)c1)C(=O)O. The fourth-order valence-corrected chi connectivity index (χ4v) is 4.30. The molecule has 4 aromatic rings. The number of hydrogen-bond donors (Lipinski definition) is 2. The number of nitrogens with one attached hydrogen (secondary N) is 1. The number of carboxylic acid groups (broad SMARTS) is 1. The molecule has 0 aliphatic carbocycles. The molecule has 0 aliphatic rings. The number of carbonyl (C=O) groups is 1. The van der Waals surface area contributed by atoms with Crippen LogP contribution in [0.15, 0.2) is 83.9 Å². The van der Waals surface area contributed by atoms with E-state index in [9.17, 15) is 9.90 Å². The van der Waals surface area contributed by atoms with Crippen molar-refractivity contribution in [3.05, 3.63) is 84.6 Å². The molecule has 2 N–H and O–H groups in total. The van der Waals surface area contributed by atoms with E-state index >= 15 is 0 Å². The van der Waals surface area contributed by atoms with E-state index in [4.69, 9.17) is 4.74 Å². The van der Waals surface area contributed by atoms with Gasteiger partial charge in [0.05, 0.1) is 12.5 Å². The van der Waals surface area contributed by atoms with Gasteiger partial charge in [-0.05, 0) is 65.4 Å². The second-order valence-corrected chi connectivity index (χ2v) is 8.73. The van der Waals surface area contributed by atoms with Crippen LogP contribution in [-0.4, -0.2) is 28.4 Å². The monoisotopic (exact) mass is 431 g/mol. The fourth-order valence-electron chi connectivity index (χ4n) is 3.55. The highest BCUT2D eigenvalue weighted by molar-refractivity contribution is 7.99. The molecule has 0 spiro atoms. The van der Waals surface area contributed by atoms with Crippen LogP contribution in [0.3, 0.4) is 0 Å². The molecule has 3 aromatic carbocycles. The Hall–Kier alpha value is -3.18. The number of carboxylic acids is 1. The van der Waals surface area contributed by atoms with E-state index in [1.165, 1.54) is 4.90 Å². The summed E-state index contributed by atoms with van der Waals surface area (Å²) in [6.07, 6.45) is 2.41. The van der Waals surface area contributed by atoms with Crippen LogP contribution in [0.5, 0.6) is 5.75 Å². The first kappa shape index (κ1) is 21.1. The first-order valence-corrected chi connectivity index (χ1v) is 11.3. The van der Waals surface area contributed by atoms with Crippen LogP contribution in [-0.2, 0) is 11.2 Å². The largest absolute Gasteiger partial charge is 0.492 e. The van der Waals surface area contributed by atoms with Crippen LogP contribution in [0, 0.1) is 5.92 Å². The van der Waals surface area contributed by atoms with Gasteiger partial charge in [-0.15, -0.1) is 11.8 Å². The Balaban J connectivity index is 1.56. The lowest BCUT2D eigenvalue weighted by Crippen LogP contribution is -2.12. The van der Waals surface area contributed by atoms with E-state index in [2.05, 4.69) is 41.4 Å². The van der Waals surface area contributed by atoms with E-state index in [1.54, 1.807) is 18.7 Å². The number of rotatable bonds is 9. The second-order valence-electron chi connectivity index (χ2n) is 7.56. The second kappa shape index (κ2) is 9.75. The highest BCUT2D eigenvalue weighted by atomic mass is 32.2. The molecule has 0 fully saturated rings. The number of aromatic amines is 1. The fraction of sp³-hybridized carbons (Fsp3) is 0.192. The molecule has 31 heavy (non-hydrogen) atoms. The summed E-state index contributed by atoms with van der Waals surface area (Å²) < 4.78 is 6.17. The standard InChI is InChI=1S/C26H25NO3S/c1-18(26(28)29)15-19-7-10-25(30-13-14-31-22-5-3-2-4-6-22)23(16-19)20-8-9-24-21(17-20)11-12-27-24/h2-12,16-18,27H,13-15H2,1H3,(H,28,29). The Bertz CT molecular complexity index is 1170. The molecular weight excluding hydrogens is 406 g/mol. The highest BCUT2D eigenvalue weighted by Gasteiger charge is 2.15. The third kappa shape index (κ3) is 5.30. The summed E-state index contributed by atoms with van der Waals surface area (Å²) in [6.45, 7) is 2.32. The summed E-state index contributed by atoms with van der Waals surface area (Å²) in [5, 5.41) is 10.4. The van der Waals surface area contributed by atoms with Crippen molar-refractivity contribution < 1.29 is 14.6 Å². The maximum Gasteiger partial charge on any atom is 0.306 e. The predicted octanol–water partition coefficient (Wildman–Crippen LogP) is 6.27. The third-order valence-electron chi connectivity index (χ3n) is 5.22. The van der Waals surface area contributed by atoms with Crippen LogP contribution in [0.4, 0.5) is 0 Å². The van der Waals surface area contributed by atoms with Crippen molar-refractivity contribution in [1.29, 1.82) is 0 Å². The zero-order valence-corrected chi connectivity index (χ0v) is 18.2. The molecule has 5 heteroatoms. The lowest BCUT2D eigenvalue weighted by atomic mass is 9.96. The average molecular weight is 432 g/mol. The first-order valence-electron chi connectivity index (χ1n) is 10.3. The van der Waals surface area contributed by atoms with Crippen LogP contribution < -0.4 is 4.74 Å². The predicted molar refractivity (Wildman–Crippen MR) is 127 cm³/mol. The summed E-state index contributed by atoms with van der Waals surface area (Å²) in [5.41, 5.74) is 4.12. The van der Waals surface area contributed by atoms with Gasteiger partial charge in [0.1, 0.15) is 5.75 Å². The molecule has 158 valence electrons. The van der Waals surface area contributed by atoms with E-state index in [-0.39, 0.29) is 0 Å². The molecule has 4 nitrogen and oxygen atoms in total. The van der Waals surface area contributed by atoms with Crippen molar-refractivity contribution in [2.45, 2.75) is 18.2 Å². The van der Waals surface area contributed by atoms with E-state index in [1.807, 2.05) is 42.6 Å². The van der Waals surface area contributed by atoms with Crippen molar-refractivity contribution in [3.63, 3.8) is 0 Å². The van der Waals surface area contributed by atoms with Gasteiger partial charge < -0.3 is 14.8 Å². The molecule has 0 saturated carbocycles. The Morgan fingerprint density at radius 1 is 1.06 bits per heavy atom. The molecular formula is C26H25NO3S. The van der Waals surface area contributed by atoms with Crippen molar-refractivity contribution >= 4 is 28.6 Å². The van der Waals surface area contributed by atoms with Gasteiger partial charge in [0.25, 0.3) is 0 Å². The third-order valence-corrected chi connectivity index (χ3v) is 6.20. The maximum absolute atomic E-state index is 11.3. The molecule has 1 atom stereocenters. The minimum Gasteiger partial charge on any atom is -0.492 e. The van der Waals surface area contributed by atoms with Gasteiger partial charge in [0, 0.05) is 27.9 Å². The average Bonchev–Trinajstić information content (AvgIpc) is 3.26. The van der Waals surface area contributed by atoms with Crippen LogP contribution in [0.2, 0.25) is 0 Å². The van der Waals surface area contributed by atoms with Crippen molar-refractivity contribution in [2.75, 3.05) is 12.4 Å². The maximum atomic E-state index is 11.3. The molecule has 0 aliphatic heterocycles. The van der Waals surface area contributed by atoms with Crippen molar-refractivity contribution in [1.82, 2.24) is 4.98 Å². The summed E-state index contributed by atoms with van der Waals surface area (Å²) in [7, 11) is 0. The van der Waals surface area contributed by atoms with E-state index in [0.29, 0.717) is 13.0 Å². The Labute approximate surface area is 186 Å². The summed E-state index contributed by atoms with van der Waals surface area (Å²) in [4.78, 5) is 15.7. The molecule has 1 heterocycles. The number of aliphatic carboxylic acids is 1. The van der Waals surface area contributed by atoms with Crippen LogP contribution in [0.25, 0.3) is 22.0 Å². The summed E-state index contributed by atoms with van der Waals surface area (Å²) in [5.74, 6) is 0.441. The quantitative estimate of drug-likeness (QED) is 0.242. The number of thioether (sulfide) groups is 1. The zero-order valence-electron chi connectivity index (χ0n) is 17.4. The van der Waals surface area contributed by atoms with Crippen LogP contribution >= 0.6 is 11.8 Å². The molecule has 1 aromatic heterocycles. The van der Waals surface area contributed by atoms with Gasteiger partial charge in [-0.1, -0.05) is 37.3 Å². The zero-order chi connectivity index (χ0) is 21.6. The molecule has 0 amide bonds. The van der Waals surface area contributed by atoms with Gasteiger partial charge in [0.2, 0.25) is 0 Å². The van der Waals surface area contributed by atoms with Crippen molar-refractivity contribution in [2.24, 2.45) is 5.92 Å². The number of hydrogen-bond acceptors (Lipinski definition) is 3. The first-order chi connectivity index (χ1) is 15.1. The van der Waals surface area contributed by atoms with Gasteiger partial charge in [-0.25, -0.2) is 0 Å². The van der Waals surface area contributed by atoms with Gasteiger partial charge >= 0.3 is 5.97 Å². The minimum absolute atomic E-state index is 0.436. The van der Waals surface area contributed by atoms with Gasteiger partial charge in [0.15, 0.2) is 0 Å². The summed E-state index contributed by atoms with van der Waals surface area (Å²) >= 11 is 1.76. The molecule has 1 unspecified atom stereocenters. The Kier molecular flexibility index (Phi) is 6.63. The molecule has 0 bridgehead atoms. The molecule has 4 rings (SSSR count). The minimum atomic E-state index is -0.784. The number of H-pyrrole nitrogens is 1. The Morgan fingerprint density at radius 3 is 2.71 bits per heavy atom. The number of benzene rings is 3. The lowest BCUT2D eigenvalue weighted by molar-refractivity contribution is -0.141. The molecule has 0 radical (unpaired) electrons. The summed E-state index contributed by atoms with van der Waals surface area (Å²) in [6, 6.07) is 24.6. The lowest BCUT2D eigenvalue weighted by Gasteiger charge is -2.15. The Morgan fingerprint density at radius 2 is 1.90 bits per heavy atom. The van der Waals surface area contributed by atoms with Gasteiger partial charge in [-0.3, -0.25) is 4.79 Å².